The second kappa shape index (κ2) is 7.11. The Labute approximate surface area is 131 Å². The molecule has 122 valence electrons. The molecule has 3 N–H and O–H groups in total. The lowest BCUT2D eigenvalue weighted by molar-refractivity contribution is 0.158. The lowest BCUT2D eigenvalue weighted by atomic mass is 10.0. The summed E-state index contributed by atoms with van der Waals surface area (Å²) in [7, 11) is -3.65. The minimum atomic E-state index is -3.65. The van der Waals surface area contributed by atoms with Gasteiger partial charge in [-0.3, -0.25) is 0 Å². The molecule has 1 saturated heterocycles. The van der Waals surface area contributed by atoms with Gasteiger partial charge < -0.3 is 10.2 Å². The lowest BCUT2D eigenvalue weighted by Crippen LogP contribution is -2.47. The number of carbonyl (C=O) groups is 1. The number of hydrogen-bond acceptors (Lipinski definition) is 3. The first-order chi connectivity index (χ1) is 10.4. The molecule has 2 amide bonds. The molecule has 0 bridgehead atoms. The summed E-state index contributed by atoms with van der Waals surface area (Å²) in [6, 6.07) is 6.68. The number of sulfonamides is 1. The molecule has 0 aromatic heterocycles. The van der Waals surface area contributed by atoms with Crippen molar-refractivity contribution in [2.24, 2.45) is 5.14 Å². The second-order valence-corrected chi connectivity index (χ2v) is 7.27. The van der Waals surface area contributed by atoms with Crippen LogP contribution in [-0.2, 0) is 16.4 Å². The summed E-state index contributed by atoms with van der Waals surface area (Å²) in [5.74, 6) is 0. The molecule has 0 saturated carbocycles. The topological polar surface area (TPSA) is 92.5 Å². The van der Waals surface area contributed by atoms with E-state index in [0.717, 1.165) is 24.9 Å². The molecule has 7 heteroatoms. The summed E-state index contributed by atoms with van der Waals surface area (Å²) in [4.78, 5) is 14.1. The summed E-state index contributed by atoms with van der Waals surface area (Å²) >= 11 is 0. The van der Waals surface area contributed by atoms with Crippen LogP contribution in [0, 0.1) is 0 Å². The van der Waals surface area contributed by atoms with Gasteiger partial charge in [-0.25, -0.2) is 18.4 Å². The zero-order chi connectivity index (χ0) is 16.2. The first-order valence-corrected chi connectivity index (χ1v) is 9.09. The van der Waals surface area contributed by atoms with Crippen LogP contribution in [-0.4, -0.2) is 38.5 Å². The zero-order valence-corrected chi connectivity index (χ0v) is 13.6. The molecule has 0 unspecified atom stereocenters. The van der Waals surface area contributed by atoms with Crippen LogP contribution in [0.2, 0.25) is 0 Å². The maximum atomic E-state index is 12.1. The van der Waals surface area contributed by atoms with Gasteiger partial charge in [0.25, 0.3) is 0 Å². The number of primary sulfonamides is 1. The number of amides is 2. The first-order valence-electron chi connectivity index (χ1n) is 7.54. The maximum Gasteiger partial charge on any atom is 0.317 e. The molecule has 1 atom stereocenters. The highest BCUT2D eigenvalue weighted by molar-refractivity contribution is 7.89. The summed E-state index contributed by atoms with van der Waals surface area (Å²) in [5, 5.41) is 7.97. The van der Waals surface area contributed by atoms with E-state index in [1.54, 1.807) is 12.1 Å². The van der Waals surface area contributed by atoms with Gasteiger partial charge in [0.1, 0.15) is 0 Å². The Hall–Kier alpha value is -1.60. The van der Waals surface area contributed by atoms with Crippen LogP contribution in [0.5, 0.6) is 0 Å². The molecule has 0 aliphatic carbocycles. The summed E-state index contributed by atoms with van der Waals surface area (Å²) in [6.07, 6.45) is 3.95. The van der Waals surface area contributed by atoms with Crippen LogP contribution in [0.4, 0.5) is 4.79 Å². The number of rotatable bonds is 4. The predicted molar refractivity (Wildman–Crippen MR) is 84.9 cm³/mol. The molecule has 0 spiro atoms. The minimum Gasteiger partial charge on any atom is -0.338 e. The average Bonchev–Trinajstić information content (AvgIpc) is 2.47. The smallest absolute Gasteiger partial charge is 0.317 e. The molecular formula is C15H23N3O3S. The van der Waals surface area contributed by atoms with Crippen molar-refractivity contribution in [3.05, 3.63) is 29.8 Å². The van der Waals surface area contributed by atoms with E-state index in [9.17, 15) is 13.2 Å². The fraction of sp³-hybridized carbons (Fsp3) is 0.533. The standard InChI is InChI=1S/C15H23N3O3S/c1-12-4-2-3-11-18(12)15(19)17-10-9-13-5-7-14(8-6-13)22(16,20)21/h5-8,12H,2-4,9-11H2,1H3,(H,17,19)(H2,16,20,21)/t12-/m1/s1. The summed E-state index contributed by atoms with van der Waals surface area (Å²) in [5.41, 5.74) is 0.958. The van der Waals surface area contributed by atoms with Gasteiger partial charge in [-0.15, -0.1) is 0 Å². The average molecular weight is 325 g/mol. The first kappa shape index (κ1) is 16.8. The number of piperidine rings is 1. The Bertz CT molecular complexity index is 613. The Morgan fingerprint density at radius 3 is 2.59 bits per heavy atom. The van der Waals surface area contributed by atoms with Gasteiger partial charge in [-0.05, 0) is 50.3 Å². The van der Waals surface area contributed by atoms with E-state index in [-0.39, 0.29) is 10.9 Å². The highest BCUT2D eigenvalue weighted by atomic mass is 32.2. The van der Waals surface area contributed by atoms with Crippen molar-refractivity contribution in [2.75, 3.05) is 13.1 Å². The number of carbonyl (C=O) groups excluding carboxylic acids is 1. The van der Waals surface area contributed by atoms with Gasteiger partial charge >= 0.3 is 6.03 Å². The second-order valence-electron chi connectivity index (χ2n) is 5.71. The van der Waals surface area contributed by atoms with Crippen molar-refractivity contribution < 1.29 is 13.2 Å². The van der Waals surface area contributed by atoms with Gasteiger partial charge in [0, 0.05) is 19.1 Å². The van der Waals surface area contributed by atoms with Crippen LogP contribution < -0.4 is 10.5 Å². The predicted octanol–water partition coefficient (Wildman–Crippen LogP) is 1.46. The van der Waals surface area contributed by atoms with Crippen LogP contribution in [0.1, 0.15) is 31.7 Å². The van der Waals surface area contributed by atoms with Gasteiger partial charge in [0.2, 0.25) is 10.0 Å². The van der Waals surface area contributed by atoms with Crippen LogP contribution in [0.15, 0.2) is 29.2 Å². The highest BCUT2D eigenvalue weighted by Gasteiger charge is 2.22. The summed E-state index contributed by atoms with van der Waals surface area (Å²) < 4.78 is 22.3. The number of nitrogens with two attached hydrogens (primary N) is 1. The molecule has 6 nitrogen and oxygen atoms in total. The highest BCUT2D eigenvalue weighted by Crippen LogP contribution is 2.16. The van der Waals surface area contributed by atoms with Gasteiger partial charge in [0.05, 0.1) is 4.90 Å². The van der Waals surface area contributed by atoms with E-state index >= 15 is 0 Å². The molecule has 22 heavy (non-hydrogen) atoms. The van der Waals surface area contributed by atoms with E-state index < -0.39 is 10.0 Å². The molecule has 1 fully saturated rings. The Kier molecular flexibility index (Phi) is 5.42. The van der Waals surface area contributed by atoms with E-state index in [1.165, 1.54) is 18.6 Å². The van der Waals surface area contributed by atoms with Gasteiger partial charge in [-0.2, -0.15) is 0 Å². The quantitative estimate of drug-likeness (QED) is 0.878. The number of nitrogens with zero attached hydrogens (tertiary/aromatic N) is 1. The Balaban J connectivity index is 1.82. The lowest BCUT2D eigenvalue weighted by Gasteiger charge is -2.33. The molecule has 1 aliphatic heterocycles. The number of nitrogens with one attached hydrogen (secondary N) is 1. The normalized spacial score (nSPS) is 19.0. The number of likely N-dealkylation sites (tertiary alicyclic amines) is 1. The Morgan fingerprint density at radius 2 is 2.00 bits per heavy atom. The number of urea groups is 1. The van der Waals surface area contributed by atoms with Crippen molar-refractivity contribution in [3.63, 3.8) is 0 Å². The molecule has 0 radical (unpaired) electrons. The third-order valence-electron chi connectivity index (χ3n) is 4.01. The third-order valence-corrected chi connectivity index (χ3v) is 4.93. The van der Waals surface area contributed by atoms with Crippen molar-refractivity contribution in [2.45, 2.75) is 43.5 Å². The maximum absolute atomic E-state index is 12.1. The van der Waals surface area contributed by atoms with Gasteiger partial charge in [-0.1, -0.05) is 12.1 Å². The van der Waals surface area contributed by atoms with Crippen LogP contribution >= 0.6 is 0 Å². The van der Waals surface area contributed by atoms with E-state index in [4.69, 9.17) is 5.14 Å². The minimum absolute atomic E-state index is 0.0200. The molecule has 1 aromatic carbocycles. The van der Waals surface area contributed by atoms with Crippen molar-refractivity contribution in [1.29, 1.82) is 0 Å². The van der Waals surface area contributed by atoms with Crippen LogP contribution in [0.3, 0.4) is 0 Å². The fourth-order valence-electron chi connectivity index (χ4n) is 2.66. The van der Waals surface area contributed by atoms with Crippen molar-refractivity contribution >= 4 is 16.1 Å². The SMILES string of the molecule is C[C@@H]1CCCCN1C(=O)NCCc1ccc(S(N)(=O)=O)cc1. The van der Waals surface area contributed by atoms with Crippen molar-refractivity contribution in [1.82, 2.24) is 10.2 Å². The van der Waals surface area contributed by atoms with E-state index in [2.05, 4.69) is 12.2 Å². The van der Waals surface area contributed by atoms with Gasteiger partial charge in [0.15, 0.2) is 0 Å². The molecule has 1 heterocycles. The zero-order valence-electron chi connectivity index (χ0n) is 12.8. The summed E-state index contributed by atoms with van der Waals surface area (Å²) in [6.45, 7) is 3.41. The van der Waals surface area contributed by atoms with Crippen molar-refractivity contribution in [3.8, 4) is 0 Å². The van der Waals surface area contributed by atoms with E-state index in [1.807, 2.05) is 4.90 Å². The van der Waals surface area contributed by atoms with E-state index in [0.29, 0.717) is 19.0 Å². The van der Waals surface area contributed by atoms with Crippen LogP contribution in [0.25, 0.3) is 0 Å². The fourth-order valence-corrected chi connectivity index (χ4v) is 3.18. The molecule has 1 aromatic rings. The molecule has 2 rings (SSSR count). The molecule has 1 aliphatic rings. The number of benzene rings is 1. The monoisotopic (exact) mass is 325 g/mol. The molecular weight excluding hydrogens is 302 g/mol. The Morgan fingerprint density at radius 1 is 1.32 bits per heavy atom. The third kappa shape index (κ3) is 4.45. The largest absolute Gasteiger partial charge is 0.338 e. The number of hydrogen-bond donors (Lipinski definition) is 2.